The molecule has 1 rings (SSSR count). The van der Waals surface area contributed by atoms with Gasteiger partial charge in [-0.1, -0.05) is 13.3 Å². The van der Waals surface area contributed by atoms with E-state index in [1.807, 2.05) is 0 Å². The topological polar surface area (TPSA) is 84.2 Å². The number of amides is 1. The number of nitrogens with one attached hydrogen (secondary N) is 1. The molecule has 1 heterocycles. The summed E-state index contributed by atoms with van der Waals surface area (Å²) in [6.07, 6.45) is 1.94. The molecular weight excluding hydrogens is 246 g/mol. The molecular formula is C13H21N3O3. The molecule has 106 valence electrons. The number of aryl methyl sites for hydroxylation is 1. The van der Waals surface area contributed by atoms with Gasteiger partial charge >= 0.3 is 5.97 Å². The number of carboxylic acids is 1. The first-order valence-electron chi connectivity index (χ1n) is 6.46. The molecule has 0 saturated carbocycles. The van der Waals surface area contributed by atoms with Gasteiger partial charge in [-0.05, 0) is 27.2 Å². The number of aromatic carboxylic acids is 1. The van der Waals surface area contributed by atoms with E-state index in [2.05, 4.69) is 17.3 Å². The van der Waals surface area contributed by atoms with E-state index in [4.69, 9.17) is 5.11 Å². The minimum atomic E-state index is -1.01. The first-order chi connectivity index (χ1) is 8.90. The van der Waals surface area contributed by atoms with Crippen LogP contribution in [-0.4, -0.2) is 33.3 Å². The third-order valence-electron chi connectivity index (χ3n) is 3.11. The lowest BCUT2D eigenvalue weighted by atomic mass is 10.2. The van der Waals surface area contributed by atoms with Crippen LogP contribution in [-0.2, 0) is 4.79 Å². The lowest BCUT2D eigenvalue weighted by molar-refractivity contribution is -0.124. The van der Waals surface area contributed by atoms with Gasteiger partial charge in [0, 0.05) is 6.54 Å². The molecule has 0 aliphatic rings. The second-order valence-corrected chi connectivity index (χ2v) is 4.62. The van der Waals surface area contributed by atoms with Crippen LogP contribution in [0.4, 0.5) is 0 Å². The van der Waals surface area contributed by atoms with Crippen LogP contribution in [0.15, 0.2) is 0 Å². The van der Waals surface area contributed by atoms with Gasteiger partial charge in [-0.25, -0.2) is 4.79 Å². The summed E-state index contributed by atoms with van der Waals surface area (Å²) in [5.41, 5.74) is 1.11. The summed E-state index contributed by atoms with van der Waals surface area (Å²) in [5.74, 6) is -1.16. The molecule has 0 radical (unpaired) electrons. The summed E-state index contributed by atoms with van der Waals surface area (Å²) < 4.78 is 1.47. The van der Waals surface area contributed by atoms with Crippen LogP contribution < -0.4 is 5.32 Å². The molecule has 2 N–H and O–H groups in total. The van der Waals surface area contributed by atoms with Crippen LogP contribution in [0.25, 0.3) is 0 Å². The van der Waals surface area contributed by atoms with E-state index in [-0.39, 0.29) is 11.5 Å². The van der Waals surface area contributed by atoms with Gasteiger partial charge in [0.1, 0.15) is 11.6 Å². The lowest BCUT2D eigenvalue weighted by Crippen LogP contribution is -2.32. The zero-order valence-electron chi connectivity index (χ0n) is 11.9. The lowest BCUT2D eigenvalue weighted by Gasteiger charge is -2.14. The Bertz CT molecular complexity index is 480. The zero-order chi connectivity index (χ0) is 14.6. The molecule has 6 nitrogen and oxygen atoms in total. The predicted octanol–water partition coefficient (Wildman–Crippen LogP) is 1.68. The summed E-state index contributed by atoms with van der Waals surface area (Å²) in [4.78, 5) is 23.0. The zero-order valence-corrected chi connectivity index (χ0v) is 11.9. The van der Waals surface area contributed by atoms with Crippen LogP contribution in [0.2, 0.25) is 0 Å². The van der Waals surface area contributed by atoms with Crippen molar-refractivity contribution < 1.29 is 14.7 Å². The monoisotopic (exact) mass is 267 g/mol. The molecule has 1 amide bonds. The van der Waals surface area contributed by atoms with Gasteiger partial charge in [-0.3, -0.25) is 9.48 Å². The highest BCUT2D eigenvalue weighted by Crippen LogP contribution is 2.17. The third kappa shape index (κ3) is 3.33. The summed E-state index contributed by atoms with van der Waals surface area (Å²) in [5, 5.41) is 16.1. The minimum absolute atomic E-state index is 0.143. The number of nitrogens with zero attached hydrogens (tertiary/aromatic N) is 2. The molecule has 0 fully saturated rings. The van der Waals surface area contributed by atoms with Crippen LogP contribution in [0, 0.1) is 13.8 Å². The Kier molecular flexibility index (Phi) is 5.09. The fourth-order valence-corrected chi connectivity index (χ4v) is 2.00. The number of rotatable bonds is 6. The van der Waals surface area contributed by atoms with E-state index in [1.54, 1.807) is 20.8 Å². The molecule has 0 spiro atoms. The molecule has 19 heavy (non-hydrogen) atoms. The Morgan fingerprint density at radius 1 is 1.42 bits per heavy atom. The highest BCUT2D eigenvalue weighted by Gasteiger charge is 2.23. The van der Waals surface area contributed by atoms with Crippen molar-refractivity contribution in [2.24, 2.45) is 0 Å². The number of hydrogen-bond donors (Lipinski definition) is 2. The maximum atomic E-state index is 11.9. The van der Waals surface area contributed by atoms with Gasteiger partial charge in [0.05, 0.1) is 11.4 Å². The standard InChI is InChI=1S/C13H21N3O3/c1-5-6-7-14-12(17)10(4)16-9(3)11(13(18)19)8(2)15-16/h10H,5-7H2,1-4H3,(H,14,17)(H,18,19). The molecule has 1 aromatic rings. The van der Waals surface area contributed by atoms with E-state index in [0.29, 0.717) is 17.9 Å². The van der Waals surface area contributed by atoms with Crippen LogP contribution >= 0.6 is 0 Å². The van der Waals surface area contributed by atoms with Crippen LogP contribution in [0.1, 0.15) is 54.5 Å². The Morgan fingerprint density at radius 2 is 2.05 bits per heavy atom. The van der Waals surface area contributed by atoms with Gasteiger partial charge in [0.25, 0.3) is 0 Å². The third-order valence-corrected chi connectivity index (χ3v) is 3.11. The maximum absolute atomic E-state index is 11.9. The minimum Gasteiger partial charge on any atom is -0.478 e. The van der Waals surface area contributed by atoms with Gasteiger partial charge in [0.2, 0.25) is 5.91 Å². The first kappa shape index (κ1) is 15.2. The SMILES string of the molecule is CCCCNC(=O)C(C)n1nc(C)c(C(=O)O)c1C. The van der Waals surface area contributed by atoms with Gasteiger partial charge in [-0.15, -0.1) is 0 Å². The van der Waals surface area contributed by atoms with Crippen molar-refractivity contribution in [3.05, 3.63) is 17.0 Å². The largest absolute Gasteiger partial charge is 0.478 e. The molecule has 1 atom stereocenters. The van der Waals surface area contributed by atoms with Crippen molar-refractivity contribution in [2.75, 3.05) is 6.54 Å². The Balaban J connectivity index is 2.88. The molecule has 0 aliphatic heterocycles. The average Bonchev–Trinajstić information content (AvgIpc) is 2.63. The van der Waals surface area contributed by atoms with Crippen molar-refractivity contribution >= 4 is 11.9 Å². The fourth-order valence-electron chi connectivity index (χ4n) is 2.00. The quantitative estimate of drug-likeness (QED) is 0.768. The van der Waals surface area contributed by atoms with Crippen molar-refractivity contribution in [1.82, 2.24) is 15.1 Å². The maximum Gasteiger partial charge on any atom is 0.339 e. The van der Waals surface area contributed by atoms with E-state index in [9.17, 15) is 9.59 Å². The van der Waals surface area contributed by atoms with Gasteiger partial charge in [0.15, 0.2) is 0 Å². The summed E-state index contributed by atoms with van der Waals surface area (Å²) >= 11 is 0. The van der Waals surface area contributed by atoms with E-state index in [0.717, 1.165) is 12.8 Å². The van der Waals surface area contributed by atoms with Crippen LogP contribution in [0.5, 0.6) is 0 Å². The normalized spacial score (nSPS) is 12.2. The number of hydrogen-bond acceptors (Lipinski definition) is 3. The van der Waals surface area contributed by atoms with Crippen molar-refractivity contribution in [1.29, 1.82) is 0 Å². The Morgan fingerprint density at radius 3 is 2.53 bits per heavy atom. The molecule has 0 aliphatic carbocycles. The highest BCUT2D eigenvalue weighted by molar-refractivity contribution is 5.90. The highest BCUT2D eigenvalue weighted by atomic mass is 16.4. The number of carbonyl (C=O) groups excluding carboxylic acids is 1. The predicted molar refractivity (Wildman–Crippen MR) is 71.3 cm³/mol. The second-order valence-electron chi connectivity index (χ2n) is 4.62. The average molecular weight is 267 g/mol. The summed E-state index contributed by atoms with van der Waals surface area (Å²) in [7, 11) is 0. The smallest absolute Gasteiger partial charge is 0.339 e. The van der Waals surface area contributed by atoms with Crippen LogP contribution in [0.3, 0.4) is 0 Å². The van der Waals surface area contributed by atoms with E-state index in [1.165, 1.54) is 4.68 Å². The van der Waals surface area contributed by atoms with Gasteiger partial charge in [-0.2, -0.15) is 5.10 Å². The number of unbranched alkanes of at least 4 members (excludes halogenated alkanes) is 1. The van der Waals surface area contributed by atoms with Crippen molar-refractivity contribution in [3.8, 4) is 0 Å². The molecule has 0 saturated heterocycles. The molecule has 1 unspecified atom stereocenters. The Hall–Kier alpha value is -1.85. The van der Waals surface area contributed by atoms with Gasteiger partial charge < -0.3 is 10.4 Å². The first-order valence-corrected chi connectivity index (χ1v) is 6.46. The summed E-state index contributed by atoms with van der Waals surface area (Å²) in [6, 6.07) is -0.511. The van der Waals surface area contributed by atoms with Crippen molar-refractivity contribution in [2.45, 2.75) is 46.6 Å². The van der Waals surface area contributed by atoms with E-state index >= 15 is 0 Å². The molecule has 0 aromatic carbocycles. The Labute approximate surface area is 112 Å². The number of carbonyl (C=O) groups is 2. The number of aromatic nitrogens is 2. The molecule has 1 aromatic heterocycles. The summed E-state index contributed by atoms with van der Waals surface area (Å²) in [6.45, 7) is 7.70. The molecule has 6 heteroatoms. The second kappa shape index (κ2) is 6.36. The number of carboxylic acid groups (broad SMARTS) is 1. The molecule has 0 bridgehead atoms. The fraction of sp³-hybridized carbons (Fsp3) is 0.615. The van der Waals surface area contributed by atoms with Crippen molar-refractivity contribution in [3.63, 3.8) is 0 Å². The van der Waals surface area contributed by atoms with E-state index < -0.39 is 12.0 Å².